The van der Waals surface area contributed by atoms with Gasteiger partial charge in [-0.2, -0.15) is 0 Å². The molecule has 2 heterocycles. The Morgan fingerprint density at radius 2 is 2.00 bits per heavy atom. The van der Waals surface area contributed by atoms with Crippen molar-refractivity contribution in [3.05, 3.63) is 64.7 Å². The van der Waals surface area contributed by atoms with E-state index < -0.39 is 0 Å². The normalized spacial score (nSPS) is 24.2. The maximum absolute atomic E-state index is 12.5. The third-order valence-electron chi connectivity index (χ3n) is 5.22. The fourth-order valence-corrected chi connectivity index (χ4v) is 4.21. The quantitative estimate of drug-likeness (QED) is 0.763. The van der Waals surface area contributed by atoms with E-state index in [0.717, 1.165) is 25.9 Å². The lowest BCUT2D eigenvalue weighted by molar-refractivity contribution is 0.0764. The fourth-order valence-electron chi connectivity index (χ4n) is 4.00. The highest BCUT2D eigenvalue weighted by atomic mass is 35.5. The highest BCUT2D eigenvalue weighted by molar-refractivity contribution is 6.33. The number of halogens is 1. The van der Waals surface area contributed by atoms with Crippen LogP contribution in [0.1, 0.15) is 23.3 Å². The lowest BCUT2D eigenvalue weighted by Crippen LogP contribution is -2.31. The van der Waals surface area contributed by atoms with Crippen molar-refractivity contribution in [2.45, 2.75) is 18.9 Å². The summed E-state index contributed by atoms with van der Waals surface area (Å²) in [5, 5.41) is 0.419. The van der Waals surface area contributed by atoms with Crippen molar-refractivity contribution in [3.8, 4) is 5.75 Å². The first-order valence-corrected chi connectivity index (χ1v) is 9.06. The van der Waals surface area contributed by atoms with Crippen LogP contribution in [0.4, 0.5) is 5.69 Å². The van der Waals surface area contributed by atoms with Gasteiger partial charge in [-0.25, -0.2) is 4.85 Å². The first kappa shape index (κ1) is 16.9. The molecule has 26 heavy (non-hydrogen) atoms. The summed E-state index contributed by atoms with van der Waals surface area (Å²) < 4.78 is 6.07. The minimum absolute atomic E-state index is 0.0129. The summed E-state index contributed by atoms with van der Waals surface area (Å²) in [6.07, 6.45) is 3.64. The van der Waals surface area contributed by atoms with Crippen molar-refractivity contribution < 1.29 is 9.53 Å². The van der Waals surface area contributed by atoms with E-state index in [9.17, 15) is 4.79 Å². The lowest BCUT2D eigenvalue weighted by atomic mass is 10.0. The van der Waals surface area contributed by atoms with Crippen LogP contribution in [0.5, 0.6) is 5.75 Å². The van der Waals surface area contributed by atoms with E-state index >= 15 is 0 Å². The molecule has 132 valence electrons. The number of aromatic nitrogens is 1. The van der Waals surface area contributed by atoms with E-state index in [1.54, 1.807) is 30.5 Å². The average molecular weight is 368 g/mol. The second-order valence-corrected chi connectivity index (χ2v) is 7.29. The predicted octanol–water partition coefficient (Wildman–Crippen LogP) is 4.22. The summed E-state index contributed by atoms with van der Waals surface area (Å²) in [6, 6.07) is 10.6. The highest BCUT2D eigenvalue weighted by Crippen LogP contribution is 2.40. The summed E-state index contributed by atoms with van der Waals surface area (Å²) in [5.41, 5.74) is 0.945. The lowest BCUT2D eigenvalue weighted by Gasteiger charge is -2.20. The SMILES string of the molecule is [C-]#[N+]c1ccc(OC2CC3CN(C(=O)c4ccccn4)CC3C2)cc1Cl. The summed E-state index contributed by atoms with van der Waals surface area (Å²) in [5.74, 6) is 1.64. The van der Waals surface area contributed by atoms with Crippen molar-refractivity contribution in [1.29, 1.82) is 0 Å². The summed E-state index contributed by atoms with van der Waals surface area (Å²) in [6.45, 7) is 8.57. The van der Waals surface area contributed by atoms with Gasteiger partial charge in [-0.3, -0.25) is 9.78 Å². The van der Waals surface area contributed by atoms with E-state index in [1.165, 1.54) is 0 Å². The number of fused-ring (bicyclic) bond motifs is 1. The average Bonchev–Trinajstić information content (AvgIpc) is 3.20. The molecule has 2 aliphatic rings. The maximum atomic E-state index is 12.5. The van der Waals surface area contributed by atoms with Gasteiger partial charge in [0.05, 0.1) is 17.7 Å². The van der Waals surface area contributed by atoms with Crippen LogP contribution in [0, 0.1) is 18.4 Å². The van der Waals surface area contributed by atoms with E-state index in [-0.39, 0.29) is 12.0 Å². The van der Waals surface area contributed by atoms with Crippen LogP contribution in [0.2, 0.25) is 5.02 Å². The molecular weight excluding hydrogens is 350 g/mol. The fraction of sp³-hybridized carbons (Fsp3) is 0.350. The van der Waals surface area contributed by atoms with Crippen LogP contribution in [-0.4, -0.2) is 35.0 Å². The van der Waals surface area contributed by atoms with Gasteiger partial charge >= 0.3 is 0 Å². The molecule has 0 spiro atoms. The summed E-state index contributed by atoms with van der Waals surface area (Å²) in [7, 11) is 0. The second kappa shape index (κ2) is 6.97. The number of benzene rings is 1. The van der Waals surface area contributed by atoms with Gasteiger partial charge in [0, 0.05) is 19.3 Å². The van der Waals surface area contributed by atoms with E-state index in [2.05, 4.69) is 9.83 Å². The van der Waals surface area contributed by atoms with Crippen molar-refractivity contribution in [3.63, 3.8) is 0 Å². The standard InChI is InChI=1S/C20H18ClN3O2/c1-22-18-6-5-15(10-17(18)21)26-16-8-13-11-24(12-14(13)9-16)20(25)19-4-2-3-7-23-19/h2-7,10,13-14,16H,8-9,11-12H2. The Balaban J connectivity index is 1.36. The van der Waals surface area contributed by atoms with Gasteiger partial charge in [-0.1, -0.05) is 23.7 Å². The molecule has 2 aromatic rings. The Hall–Kier alpha value is -2.58. The highest BCUT2D eigenvalue weighted by Gasteiger charge is 2.43. The zero-order valence-corrected chi connectivity index (χ0v) is 14.9. The zero-order valence-electron chi connectivity index (χ0n) is 14.1. The third-order valence-corrected chi connectivity index (χ3v) is 5.52. The molecule has 1 saturated heterocycles. The molecule has 2 unspecified atom stereocenters. The summed E-state index contributed by atoms with van der Waals surface area (Å²) >= 11 is 6.08. The molecule has 5 nitrogen and oxygen atoms in total. The van der Waals surface area contributed by atoms with Gasteiger partial charge < -0.3 is 9.64 Å². The van der Waals surface area contributed by atoms with Crippen LogP contribution in [0.25, 0.3) is 4.85 Å². The number of nitrogens with zero attached hydrogens (tertiary/aromatic N) is 3. The van der Waals surface area contributed by atoms with Gasteiger partial charge in [-0.05, 0) is 48.9 Å². The van der Waals surface area contributed by atoms with Gasteiger partial charge in [0.1, 0.15) is 11.4 Å². The first-order valence-electron chi connectivity index (χ1n) is 8.68. The Bertz CT molecular complexity index is 851. The van der Waals surface area contributed by atoms with E-state index in [4.69, 9.17) is 22.9 Å². The number of carbonyl (C=O) groups excluding carboxylic acids is 1. The van der Waals surface area contributed by atoms with Crippen LogP contribution in [-0.2, 0) is 0 Å². The van der Waals surface area contributed by atoms with Gasteiger partial charge in [0.2, 0.25) is 5.69 Å². The molecule has 1 aromatic heterocycles. The van der Waals surface area contributed by atoms with Gasteiger partial charge in [-0.15, -0.1) is 0 Å². The van der Waals surface area contributed by atoms with Crippen molar-refractivity contribution in [1.82, 2.24) is 9.88 Å². The molecule has 1 aliphatic carbocycles. The number of hydrogen-bond donors (Lipinski definition) is 0. The predicted molar refractivity (Wildman–Crippen MR) is 98.5 cm³/mol. The Morgan fingerprint density at radius 1 is 1.23 bits per heavy atom. The molecule has 2 fully saturated rings. The molecule has 1 saturated carbocycles. The van der Waals surface area contributed by atoms with Crippen LogP contribution in [0.15, 0.2) is 42.6 Å². The van der Waals surface area contributed by atoms with Crippen molar-refractivity contribution in [2.24, 2.45) is 11.8 Å². The minimum atomic E-state index is 0.0129. The number of likely N-dealkylation sites (tertiary alicyclic amines) is 1. The van der Waals surface area contributed by atoms with Crippen molar-refractivity contribution in [2.75, 3.05) is 13.1 Å². The number of ether oxygens (including phenoxy) is 1. The topological polar surface area (TPSA) is 46.8 Å². The minimum Gasteiger partial charge on any atom is -0.490 e. The number of hydrogen-bond acceptors (Lipinski definition) is 3. The smallest absolute Gasteiger partial charge is 0.272 e. The number of amides is 1. The number of pyridine rings is 1. The van der Waals surface area contributed by atoms with E-state index in [1.807, 2.05) is 17.0 Å². The zero-order chi connectivity index (χ0) is 18.1. The Labute approximate surface area is 157 Å². The molecule has 1 amide bonds. The Morgan fingerprint density at radius 3 is 2.62 bits per heavy atom. The number of rotatable bonds is 3. The molecule has 6 heteroatoms. The van der Waals surface area contributed by atoms with Gasteiger partial charge in [0.25, 0.3) is 5.91 Å². The van der Waals surface area contributed by atoms with Crippen molar-refractivity contribution >= 4 is 23.2 Å². The third kappa shape index (κ3) is 3.25. The van der Waals surface area contributed by atoms with Crippen LogP contribution >= 0.6 is 11.6 Å². The molecular formula is C20H18ClN3O2. The largest absolute Gasteiger partial charge is 0.490 e. The molecule has 4 rings (SSSR count). The summed E-state index contributed by atoms with van der Waals surface area (Å²) in [4.78, 5) is 22.0. The molecule has 1 aliphatic heterocycles. The molecule has 1 aromatic carbocycles. The maximum Gasteiger partial charge on any atom is 0.272 e. The molecule has 0 bridgehead atoms. The van der Waals surface area contributed by atoms with Gasteiger partial charge in [0.15, 0.2) is 0 Å². The van der Waals surface area contributed by atoms with Crippen LogP contribution in [0.3, 0.4) is 0 Å². The Kier molecular flexibility index (Phi) is 4.52. The second-order valence-electron chi connectivity index (χ2n) is 6.88. The molecule has 0 N–H and O–H groups in total. The van der Waals surface area contributed by atoms with Crippen LogP contribution < -0.4 is 4.74 Å². The molecule has 0 radical (unpaired) electrons. The van der Waals surface area contributed by atoms with E-state index in [0.29, 0.717) is 34.0 Å². The monoisotopic (exact) mass is 367 g/mol. The molecule has 2 atom stereocenters. The number of carbonyl (C=O) groups is 1. The first-order chi connectivity index (χ1) is 12.6.